The second kappa shape index (κ2) is 11.2. The Morgan fingerprint density at radius 2 is 1.97 bits per heavy atom. The van der Waals surface area contributed by atoms with Gasteiger partial charge in [0.1, 0.15) is 0 Å². The number of aromatic nitrogens is 4. The van der Waals surface area contributed by atoms with Crippen LogP contribution in [0.15, 0.2) is 59.9 Å². The van der Waals surface area contributed by atoms with Crippen molar-refractivity contribution in [3.8, 4) is 11.4 Å². The smallest absolute Gasteiger partial charge is 0.234 e. The third-order valence-electron chi connectivity index (χ3n) is 5.46. The summed E-state index contributed by atoms with van der Waals surface area (Å²) in [4.78, 5) is 15.8. The SMILES string of the molecule is CCCCc1ccc(NC(=O)CSc2nnc(-c3c[nH]c4ccccc34)n2CCOC)cc1. The number of thioether (sulfide) groups is 1. The first-order valence-electron chi connectivity index (χ1n) is 11.2. The summed E-state index contributed by atoms with van der Waals surface area (Å²) >= 11 is 1.37. The predicted octanol–water partition coefficient (Wildman–Crippen LogP) is 5.15. The minimum atomic E-state index is -0.0729. The molecule has 2 aromatic carbocycles. The Hall–Kier alpha value is -3.10. The zero-order chi connectivity index (χ0) is 23.0. The number of H-pyrrole nitrogens is 1. The van der Waals surface area contributed by atoms with Crippen LogP contribution < -0.4 is 5.32 Å². The van der Waals surface area contributed by atoms with Crippen LogP contribution in [0, 0.1) is 0 Å². The molecule has 33 heavy (non-hydrogen) atoms. The summed E-state index contributed by atoms with van der Waals surface area (Å²) in [6, 6.07) is 16.2. The highest BCUT2D eigenvalue weighted by Gasteiger charge is 2.18. The van der Waals surface area contributed by atoms with E-state index in [0.717, 1.165) is 34.4 Å². The van der Waals surface area contributed by atoms with E-state index in [0.29, 0.717) is 18.3 Å². The number of aryl methyl sites for hydroxylation is 1. The summed E-state index contributed by atoms with van der Waals surface area (Å²) in [5.41, 5.74) is 4.12. The summed E-state index contributed by atoms with van der Waals surface area (Å²) in [6.07, 6.45) is 5.36. The first kappa shape index (κ1) is 23.1. The van der Waals surface area contributed by atoms with Crippen molar-refractivity contribution in [2.24, 2.45) is 0 Å². The standard InChI is InChI=1S/C25H29N5O2S/c1-3-4-7-18-10-12-19(13-11-18)27-23(31)17-33-25-29-28-24(30(25)14-15-32-2)21-16-26-22-9-6-5-8-20(21)22/h5-6,8-13,16,26H,3-4,7,14-15,17H2,1-2H3,(H,27,31). The van der Waals surface area contributed by atoms with Gasteiger partial charge in [0.2, 0.25) is 5.91 Å². The largest absolute Gasteiger partial charge is 0.383 e. The van der Waals surface area contributed by atoms with Gasteiger partial charge in [-0.2, -0.15) is 0 Å². The van der Waals surface area contributed by atoms with E-state index in [-0.39, 0.29) is 11.7 Å². The van der Waals surface area contributed by atoms with Gasteiger partial charge in [0.25, 0.3) is 0 Å². The second-order valence-electron chi connectivity index (χ2n) is 7.84. The molecule has 0 aliphatic rings. The maximum absolute atomic E-state index is 12.6. The number of nitrogens with zero attached hydrogens (tertiary/aromatic N) is 3. The third kappa shape index (κ3) is 5.64. The van der Waals surface area contributed by atoms with Gasteiger partial charge >= 0.3 is 0 Å². The van der Waals surface area contributed by atoms with E-state index < -0.39 is 0 Å². The highest BCUT2D eigenvalue weighted by atomic mass is 32.2. The van der Waals surface area contributed by atoms with E-state index in [1.807, 2.05) is 41.1 Å². The Morgan fingerprint density at radius 1 is 1.15 bits per heavy atom. The van der Waals surface area contributed by atoms with Gasteiger partial charge < -0.3 is 15.0 Å². The lowest BCUT2D eigenvalue weighted by atomic mass is 10.1. The molecule has 4 rings (SSSR count). The van der Waals surface area contributed by atoms with E-state index in [9.17, 15) is 4.79 Å². The number of anilines is 1. The summed E-state index contributed by atoms with van der Waals surface area (Å²) in [6.45, 7) is 3.31. The molecule has 0 fully saturated rings. The molecule has 2 aromatic heterocycles. The highest BCUT2D eigenvalue weighted by molar-refractivity contribution is 7.99. The van der Waals surface area contributed by atoms with Crippen LogP contribution >= 0.6 is 11.8 Å². The number of benzene rings is 2. The fraction of sp³-hybridized carbons (Fsp3) is 0.320. The molecule has 8 heteroatoms. The van der Waals surface area contributed by atoms with E-state index in [1.54, 1.807) is 7.11 Å². The first-order chi connectivity index (χ1) is 16.2. The van der Waals surface area contributed by atoms with Gasteiger partial charge in [0.05, 0.1) is 18.9 Å². The molecule has 1 amide bonds. The quantitative estimate of drug-likeness (QED) is 0.301. The Morgan fingerprint density at radius 3 is 2.76 bits per heavy atom. The Balaban J connectivity index is 1.45. The number of rotatable bonds is 11. The summed E-state index contributed by atoms with van der Waals surface area (Å²) in [5, 5.41) is 13.6. The molecule has 0 saturated carbocycles. The Kier molecular flexibility index (Phi) is 7.80. The lowest BCUT2D eigenvalue weighted by Gasteiger charge is -2.10. The number of carbonyl (C=O) groups is 1. The zero-order valence-electron chi connectivity index (χ0n) is 19.0. The van der Waals surface area contributed by atoms with Crippen molar-refractivity contribution in [3.05, 3.63) is 60.3 Å². The molecular formula is C25H29N5O2S. The van der Waals surface area contributed by atoms with Gasteiger partial charge in [-0.25, -0.2) is 0 Å². The average molecular weight is 464 g/mol. The lowest BCUT2D eigenvalue weighted by molar-refractivity contribution is -0.113. The number of hydrogen-bond donors (Lipinski definition) is 2. The van der Waals surface area contributed by atoms with Crippen LogP contribution in [-0.2, 0) is 22.5 Å². The topological polar surface area (TPSA) is 84.8 Å². The molecule has 0 atom stereocenters. The minimum absolute atomic E-state index is 0.0729. The van der Waals surface area contributed by atoms with Crippen LogP contribution in [0.1, 0.15) is 25.3 Å². The van der Waals surface area contributed by atoms with E-state index in [2.05, 4.69) is 45.6 Å². The fourth-order valence-electron chi connectivity index (χ4n) is 3.70. The molecule has 0 radical (unpaired) electrons. The number of hydrogen-bond acceptors (Lipinski definition) is 5. The summed E-state index contributed by atoms with van der Waals surface area (Å²) < 4.78 is 7.31. The van der Waals surface area contributed by atoms with E-state index in [1.165, 1.54) is 30.2 Å². The van der Waals surface area contributed by atoms with Gasteiger partial charge in [-0.15, -0.1) is 10.2 Å². The lowest BCUT2D eigenvalue weighted by Crippen LogP contribution is -2.15. The predicted molar refractivity (Wildman–Crippen MR) is 134 cm³/mol. The zero-order valence-corrected chi connectivity index (χ0v) is 19.8. The number of fused-ring (bicyclic) bond motifs is 1. The second-order valence-corrected chi connectivity index (χ2v) is 8.78. The molecular weight excluding hydrogens is 434 g/mol. The normalized spacial score (nSPS) is 11.2. The number of methoxy groups -OCH3 is 1. The molecule has 0 aliphatic heterocycles. The molecule has 0 unspecified atom stereocenters. The Bertz CT molecular complexity index is 1200. The van der Waals surface area contributed by atoms with E-state index >= 15 is 0 Å². The van der Waals surface area contributed by atoms with Crippen molar-refractivity contribution in [2.45, 2.75) is 37.9 Å². The molecule has 0 saturated heterocycles. The number of para-hydroxylation sites is 1. The molecule has 0 bridgehead atoms. The fourth-order valence-corrected chi connectivity index (χ4v) is 4.46. The maximum Gasteiger partial charge on any atom is 0.234 e. The van der Waals surface area contributed by atoms with E-state index in [4.69, 9.17) is 4.74 Å². The molecule has 4 aromatic rings. The molecule has 2 N–H and O–H groups in total. The van der Waals surface area contributed by atoms with Crippen molar-refractivity contribution in [1.29, 1.82) is 0 Å². The van der Waals surface area contributed by atoms with Crippen LogP contribution in [0.3, 0.4) is 0 Å². The van der Waals surface area contributed by atoms with Gasteiger partial charge in [-0.05, 0) is 36.6 Å². The van der Waals surface area contributed by atoms with Crippen molar-refractivity contribution >= 4 is 34.3 Å². The van der Waals surface area contributed by atoms with Crippen molar-refractivity contribution in [2.75, 3.05) is 24.8 Å². The van der Waals surface area contributed by atoms with Gasteiger partial charge in [-0.1, -0.05) is 55.4 Å². The molecule has 0 aliphatic carbocycles. The number of unbranched alkanes of at least 4 members (excludes halogenated alkanes) is 1. The van der Waals surface area contributed by atoms with Crippen LogP contribution in [-0.4, -0.2) is 45.1 Å². The van der Waals surface area contributed by atoms with Gasteiger partial charge in [0.15, 0.2) is 11.0 Å². The number of ether oxygens (including phenoxy) is 1. The minimum Gasteiger partial charge on any atom is -0.383 e. The summed E-state index contributed by atoms with van der Waals surface area (Å²) in [5.74, 6) is 0.933. The Labute approximate surface area is 197 Å². The van der Waals surface area contributed by atoms with Crippen molar-refractivity contribution < 1.29 is 9.53 Å². The number of carbonyl (C=O) groups excluding carboxylic acids is 1. The van der Waals surface area contributed by atoms with Crippen molar-refractivity contribution in [3.63, 3.8) is 0 Å². The van der Waals surface area contributed by atoms with Crippen LogP contribution in [0.2, 0.25) is 0 Å². The van der Waals surface area contributed by atoms with Crippen LogP contribution in [0.25, 0.3) is 22.3 Å². The van der Waals surface area contributed by atoms with Crippen LogP contribution in [0.5, 0.6) is 0 Å². The summed E-state index contributed by atoms with van der Waals surface area (Å²) in [7, 11) is 1.67. The monoisotopic (exact) mass is 463 g/mol. The highest BCUT2D eigenvalue weighted by Crippen LogP contribution is 2.30. The maximum atomic E-state index is 12.6. The number of nitrogens with one attached hydrogen (secondary N) is 2. The first-order valence-corrected chi connectivity index (χ1v) is 12.2. The van der Waals surface area contributed by atoms with Crippen molar-refractivity contribution in [1.82, 2.24) is 19.7 Å². The van der Waals surface area contributed by atoms with Gasteiger partial charge in [-0.3, -0.25) is 9.36 Å². The molecule has 0 spiro atoms. The molecule has 2 heterocycles. The molecule has 172 valence electrons. The number of amides is 1. The molecule has 7 nitrogen and oxygen atoms in total. The van der Waals surface area contributed by atoms with Gasteiger partial charge in [0, 0.05) is 35.5 Å². The third-order valence-corrected chi connectivity index (χ3v) is 6.42. The number of aromatic amines is 1. The average Bonchev–Trinajstić information content (AvgIpc) is 3.44. The van der Waals surface area contributed by atoms with Crippen LogP contribution in [0.4, 0.5) is 5.69 Å².